The van der Waals surface area contributed by atoms with E-state index in [9.17, 15) is 13.2 Å². The lowest BCUT2D eigenvalue weighted by atomic mass is 10.1. The molecule has 1 aromatic rings. The van der Waals surface area contributed by atoms with Crippen molar-refractivity contribution in [2.24, 2.45) is 11.7 Å². The molecule has 8 heteroatoms. The Hall–Kier alpha value is -1.64. The number of aliphatic hydroxyl groups is 1. The van der Waals surface area contributed by atoms with E-state index in [0.29, 0.717) is 6.42 Å². The number of carbonyl (C=O) groups is 1. The van der Waals surface area contributed by atoms with Gasteiger partial charge in [0.2, 0.25) is 10.0 Å². The first-order valence-electron chi connectivity index (χ1n) is 6.40. The van der Waals surface area contributed by atoms with Crippen molar-refractivity contribution in [2.45, 2.75) is 18.2 Å². The van der Waals surface area contributed by atoms with E-state index in [2.05, 4.69) is 4.72 Å². The third kappa shape index (κ3) is 4.69. The van der Waals surface area contributed by atoms with Crippen molar-refractivity contribution >= 4 is 15.9 Å². The second-order valence-electron chi connectivity index (χ2n) is 4.70. The predicted octanol–water partition coefficient (Wildman–Crippen LogP) is 0.0909. The highest BCUT2D eigenvalue weighted by Gasteiger charge is 2.19. The molecule has 21 heavy (non-hydrogen) atoms. The minimum absolute atomic E-state index is 0.00126. The number of hydrogen-bond donors (Lipinski definition) is 3. The van der Waals surface area contributed by atoms with Crippen LogP contribution in [-0.2, 0) is 10.0 Å². The van der Waals surface area contributed by atoms with Gasteiger partial charge in [-0.1, -0.05) is 6.92 Å². The van der Waals surface area contributed by atoms with Crippen molar-refractivity contribution < 1.29 is 23.1 Å². The van der Waals surface area contributed by atoms with E-state index < -0.39 is 15.9 Å². The van der Waals surface area contributed by atoms with Crippen LogP contribution in [-0.4, -0.2) is 39.7 Å². The van der Waals surface area contributed by atoms with Crippen molar-refractivity contribution in [3.8, 4) is 5.75 Å². The van der Waals surface area contributed by atoms with Gasteiger partial charge in [0.15, 0.2) is 0 Å². The first-order valence-corrected chi connectivity index (χ1v) is 7.88. The second kappa shape index (κ2) is 7.39. The molecular formula is C13H20N2O5S. The summed E-state index contributed by atoms with van der Waals surface area (Å²) in [4.78, 5) is 11.2. The molecular weight excluding hydrogens is 296 g/mol. The van der Waals surface area contributed by atoms with Crippen LogP contribution in [0.2, 0.25) is 0 Å². The van der Waals surface area contributed by atoms with Gasteiger partial charge in [0, 0.05) is 13.2 Å². The van der Waals surface area contributed by atoms with Gasteiger partial charge in [-0.2, -0.15) is 0 Å². The summed E-state index contributed by atoms with van der Waals surface area (Å²) in [6, 6.07) is 3.90. The molecule has 0 heterocycles. The van der Waals surface area contributed by atoms with Crippen molar-refractivity contribution in [1.82, 2.24) is 4.72 Å². The number of sulfonamides is 1. The number of aliphatic hydroxyl groups excluding tert-OH is 1. The van der Waals surface area contributed by atoms with Gasteiger partial charge >= 0.3 is 0 Å². The van der Waals surface area contributed by atoms with Gasteiger partial charge in [0.25, 0.3) is 5.91 Å². The largest absolute Gasteiger partial charge is 0.496 e. The third-order valence-electron chi connectivity index (χ3n) is 2.99. The third-order valence-corrected chi connectivity index (χ3v) is 4.41. The van der Waals surface area contributed by atoms with Gasteiger partial charge in [0.1, 0.15) is 5.75 Å². The Morgan fingerprint density at radius 1 is 1.48 bits per heavy atom. The van der Waals surface area contributed by atoms with Crippen molar-refractivity contribution in [2.75, 3.05) is 20.3 Å². The van der Waals surface area contributed by atoms with E-state index in [0.717, 1.165) is 0 Å². The number of hydrogen-bond acceptors (Lipinski definition) is 5. The number of benzene rings is 1. The summed E-state index contributed by atoms with van der Waals surface area (Å²) in [5.41, 5.74) is 5.21. The zero-order valence-electron chi connectivity index (χ0n) is 12.0. The Bertz CT molecular complexity index is 601. The Balaban J connectivity index is 2.98. The lowest BCUT2D eigenvalue weighted by Crippen LogP contribution is -2.29. The highest BCUT2D eigenvalue weighted by molar-refractivity contribution is 7.89. The summed E-state index contributed by atoms with van der Waals surface area (Å²) in [5, 5.41) is 8.80. The van der Waals surface area contributed by atoms with Crippen molar-refractivity contribution in [1.29, 1.82) is 0 Å². The van der Waals surface area contributed by atoms with Gasteiger partial charge < -0.3 is 15.6 Å². The molecule has 7 nitrogen and oxygen atoms in total. The Labute approximate surface area is 124 Å². The lowest BCUT2D eigenvalue weighted by Gasteiger charge is -2.13. The van der Waals surface area contributed by atoms with Crippen molar-refractivity contribution in [3.05, 3.63) is 23.8 Å². The highest BCUT2D eigenvalue weighted by atomic mass is 32.2. The first-order chi connectivity index (χ1) is 9.81. The van der Waals surface area contributed by atoms with Crippen LogP contribution in [0, 0.1) is 5.92 Å². The molecule has 1 unspecified atom stereocenters. The molecule has 0 fully saturated rings. The fourth-order valence-corrected chi connectivity index (χ4v) is 2.90. The average Bonchev–Trinajstić information content (AvgIpc) is 2.44. The van der Waals surface area contributed by atoms with E-state index in [1.807, 2.05) is 6.92 Å². The molecule has 0 bridgehead atoms. The van der Waals surface area contributed by atoms with Crippen molar-refractivity contribution in [3.63, 3.8) is 0 Å². The average molecular weight is 316 g/mol. The van der Waals surface area contributed by atoms with Crippen LogP contribution in [0.5, 0.6) is 5.75 Å². The molecule has 0 aliphatic heterocycles. The molecule has 0 aliphatic carbocycles. The maximum atomic E-state index is 12.1. The molecule has 1 amide bonds. The lowest BCUT2D eigenvalue weighted by molar-refractivity contribution is 0.0997. The smallest absolute Gasteiger partial charge is 0.252 e. The molecule has 0 aromatic heterocycles. The van der Waals surface area contributed by atoms with Gasteiger partial charge in [-0.3, -0.25) is 4.79 Å². The van der Waals surface area contributed by atoms with E-state index in [4.69, 9.17) is 15.6 Å². The number of ether oxygens (including phenoxy) is 1. The maximum Gasteiger partial charge on any atom is 0.252 e. The number of rotatable bonds is 8. The van der Waals surface area contributed by atoms with E-state index >= 15 is 0 Å². The van der Waals surface area contributed by atoms with Crippen LogP contribution >= 0.6 is 0 Å². The molecule has 0 saturated carbocycles. The number of primary amides is 1. The predicted molar refractivity (Wildman–Crippen MR) is 77.6 cm³/mol. The SMILES string of the molecule is COc1ccc(S(=O)(=O)NCC(C)CCO)cc1C(N)=O. The molecule has 0 saturated heterocycles. The van der Waals surface area contributed by atoms with Crippen LogP contribution < -0.4 is 15.2 Å². The number of nitrogens with one attached hydrogen (secondary N) is 1. The monoisotopic (exact) mass is 316 g/mol. The number of nitrogens with two attached hydrogens (primary N) is 1. The molecule has 1 atom stereocenters. The van der Waals surface area contributed by atoms with Crippen LogP contribution in [0.1, 0.15) is 23.7 Å². The van der Waals surface area contributed by atoms with Gasteiger partial charge in [0.05, 0.1) is 17.6 Å². The van der Waals surface area contributed by atoms with Gasteiger partial charge in [-0.05, 0) is 30.5 Å². The Morgan fingerprint density at radius 3 is 2.67 bits per heavy atom. The molecule has 4 N–H and O–H groups in total. The van der Waals surface area contributed by atoms with E-state index in [1.165, 1.54) is 25.3 Å². The summed E-state index contributed by atoms with van der Waals surface area (Å²) < 4.78 is 31.7. The van der Waals surface area contributed by atoms with Crippen LogP contribution in [0.15, 0.2) is 23.1 Å². The van der Waals surface area contributed by atoms with Gasteiger partial charge in [-0.15, -0.1) is 0 Å². The number of methoxy groups -OCH3 is 1. The summed E-state index contributed by atoms with van der Waals surface area (Å²) in [7, 11) is -2.38. The summed E-state index contributed by atoms with van der Waals surface area (Å²) in [5.74, 6) is -0.550. The van der Waals surface area contributed by atoms with Crippen LogP contribution in [0.3, 0.4) is 0 Å². The highest BCUT2D eigenvalue weighted by Crippen LogP contribution is 2.22. The molecule has 1 rings (SSSR count). The first kappa shape index (κ1) is 17.4. The maximum absolute atomic E-state index is 12.1. The number of carbonyl (C=O) groups excluding carboxylic acids is 1. The summed E-state index contributed by atoms with van der Waals surface area (Å²) in [6.45, 7) is 2.01. The molecule has 1 aromatic carbocycles. The molecule has 0 spiro atoms. The fraction of sp³-hybridized carbons (Fsp3) is 0.462. The molecule has 0 aliphatic rings. The summed E-state index contributed by atoms with van der Waals surface area (Å²) in [6.07, 6.45) is 0.498. The van der Waals surface area contributed by atoms with Gasteiger partial charge in [-0.25, -0.2) is 13.1 Å². The molecule has 0 radical (unpaired) electrons. The standard InChI is InChI=1S/C13H20N2O5S/c1-9(5-6-16)8-15-21(18,19)10-3-4-12(20-2)11(7-10)13(14)17/h3-4,7,9,15-16H,5-6,8H2,1-2H3,(H2,14,17). The Morgan fingerprint density at radius 2 is 2.14 bits per heavy atom. The topological polar surface area (TPSA) is 119 Å². The van der Waals surface area contributed by atoms with E-state index in [1.54, 1.807) is 0 Å². The zero-order chi connectivity index (χ0) is 16.0. The summed E-state index contributed by atoms with van der Waals surface area (Å²) >= 11 is 0. The Kier molecular flexibility index (Phi) is 6.13. The minimum Gasteiger partial charge on any atom is -0.496 e. The van der Waals surface area contributed by atoms with Crippen LogP contribution in [0.4, 0.5) is 0 Å². The molecule has 118 valence electrons. The van der Waals surface area contributed by atoms with E-state index in [-0.39, 0.29) is 35.3 Å². The minimum atomic E-state index is -3.75. The quantitative estimate of drug-likeness (QED) is 0.628. The number of amides is 1. The second-order valence-corrected chi connectivity index (χ2v) is 6.46. The normalized spacial score (nSPS) is 12.9. The van der Waals surface area contributed by atoms with Crippen LogP contribution in [0.25, 0.3) is 0 Å². The zero-order valence-corrected chi connectivity index (χ0v) is 12.8. The fourth-order valence-electron chi connectivity index (χ4n) is 1.70.